The monoisotopic (exact) mass is 277 g/mol. The van der Waals surface area contributed by atoms with E-state index in [1.807, 2.05) is 6.92 Å². The van der Waals surface area contributed by atoms with Gasteiger partial charge < -0.3 is 9.64 Å². The highest BCUT2D eigenvalue weighted by Gasteiger charge is 2.11. The molecule has 0 aliphatic carbocycles. The van der Waals surface area contributed by atoms with E-state index in [9.17, 15) is 9.59 Å². The van der Waals surface area contributed by atoms with Gasteiger partial charge in [-0.3, -0.25) is 9.59 Å². The topological polar surface area (TPSA) is 46.6 Å². The van der Waals surface area contributed by atoms with Crippen molar-refractivity contribution in [3.05, 3.63) is 29.8 Å². The van der Waals surface area contributed by atoms with Gasteiger partial charge in [-0.15, -0.1) is 0 Å². The number of carbonyl (C=O) groups excluding carboxylic acids is 2. The largest absolute Gasteiger partial charge is 0.484 e. The first-order valence-electron chi connectivity index (χ1n) is 6.94. The molecule has 1 aromatic carbocycles. The number of rotatable bonds is 7. The molecule has 0 saturated carbocycles. The predicted octanol–water partition coefficient (Wildman–Crippen LogP) is 2.77. The Morgan fingerprint density at radius 1 is 1.20 bits per heavy atom. The third-order valence-electron chi connectivity index (χ3n) is 2.92. The summed E-state index contributed by atoms with van der Waals surface area (Å²) < 4.78 is 5.44. The van der Waals surface area contributed by atoms with Crippen molar-refractivity contribution in [1.29, 1.82) is 0 Å². The molecule has 0 fully saturated rings. The van der Waals surface area contributed by atoms with Gasteiger partial charge in [-0.25, -0.2) is 0 Å². The molecule has 0 radical (unpaired) electrons. The summed E-state index contributed by atoms with van der Waals surface area (Å²) in [7, 11) is 1.77. The van der Waals surface area contributed by atoms with Crippen molar-refractivity contribution in [2.75, 3.05) is 20.2 Å². The van der Waals surface area contributed by atoms with Crippen LogP contribution in [0.3, 0.4) is 0 Å². The maximum Gasteiger partial charge on any atom is 0.260 e. The van der Waals surface area contributed by atoms with Crippen LogP contribution in [0.15, 0.2) is 24.3 Å². The van der Waals surface area contributed by atoms with Crippen LogP contribution in [0.1, 0.15) is 37.6 Å². The number of ether oxygens (including phenoxy) is 1. The quantitative estimate of drug-likeness (QED) is 0.720. The molecule has 0 bridgehead atoms. The van der Waals surface area contributed by atoms with Crippen LogP contribution in [0.25, 0.3) is 0 Å². The van der Waals surface area contributed by atoms with Crippen LogP contribution in [0, 0.1) is 5.92 Å². The van der Waals surface area contributed by atoms with E-state index in [0.717, 1.165) is 0 Å². The highest BCUT2D eigenvalue weighted by molar-refractivity contribution is 5.95. The number of amides is 1. The Balaban J connectivity index is 2.49. The lowest BCUT2D eigenvalue weighted by atomic mass is 10.1. The molecule has 0 aliphatic rings. The van der Waals surface area contributed by atoms with Crippen LogP contribution in [-0.2, 0) is 4.79 Å². The second-order valence-electron chi connectivity index (χ2n) is 5.26. The summed E-state index contributed by atoms with van der Waals surface area (Å²) in [5.41, 5.74) is 0.670. The van der Waals surface area contributed by atoms with Crippen LogP contribution < -0.4 is 4.74 Å². The Labute approximate surface area is 120 Å². The van der Waals surface area contributed by atoms with Crippen molar-refractivity contribution in [1.82, 2.24) is 4.90 Å². The van der Waals surface area contributed by atoms with E-state index in [4.69, 9.17) is 4.74 Å². The van der Waals surface area contributed by atoms with Gasteiger partial charge in [0.2, 0.25) is 0 Å². The van der Waals surface area contributed by atoms with Crippen molar-refractivity contribution >= 4 is 11.7 Å². The average molecular weight is 277 g/mol. The molecule has 4 nitrogen and oxygen atoms in total. The number of carbonyl (C=O) groups is 2. The maximum absolute atomic E-state index is 11.8. The summed E-state index contributed by atoms with van der Waals surface area (Å²) in [4.78, 5) is 25.0. The summed E-state index contributed by atoms with van der Waals surface area (Å²) in [6, 6.07) is 6.89. The van der Waals surface area contributed by atoms with Gasteiger partial charge in [-0.05, 0) is 30.2 Å². The lowest BCUT2D eigenvalue weighted by Gasteiger charge is -2.19. The average Bonchev–Trinajstić information content (AvgIpc) is 2.43. The lowest BCUT2D eigenvalue weighted by Crippen LogP contribution is -2.34. The van der Waals surface area contributed by atoms with E-state index in [0.29, 0.717) is 30.2 Å². The third kappa shape index (κ3) is 5.03. The first-order valence-corrected chi connectivity index (χ1v) is 6.94. The Kier molecular flexibility index (Phi) is 6.22. The zero-order chi connectivity index (χ0) is 15.1. The second-order valence-corrected chi connectivity index (χ2v) is 5.26. The Morgan fingerprint density at radius 2 is 1.80 bits per heavy atom. The van der Waals surface area contributed by atoms with Gasteiger partial charge in [-0.2, -0.15) is 0 Å². The van der Waals surface area contributed by atoms with E-state index >= 15 is 0 Å². The molecule has 0 saturated heterocycles. The molecular weight excluding hydrogens is 254 g/mol. The molecule has 0 unspecified atom stereocenters. The Hall–Kier alpha value is -1.84. The van der Waals surface area contributed by atoms with Crippen LogP contribution >= 0.6 is 0 Å². The van der Waals surface area contributed by atoms with Crippen LogP contribution in [0.2, 0.25) is 0 Å². The minimum Gasteiger partial charge on any atom is -0.484 e. The van der Waals surface area contributed by atoms with Crippen molar-refractivity contribution in [2.24, 2.45) is 5.92 Å². The number of hydrogen-bond acceptors (Lipinski definition) is 3. The number of ketones is 1. The molecule has 0 aliphatic heterocycles. The highest BCUT2D eigenvalue weighted by Crippen LogP contribution is 2.13. The normalized spacial score (nSPS) is 10.4. The van der Waals surface area contributed by atoms with Gasteiger partial charge in [0, 0.05) is 25.6 Å². The molecule has 110 valence electrons. The minimum absolute atomic E-state index is 0.0181. The summed E-state index contributed by atoms with van der Waals surface area (Å²) in [6.45, 7) is 6.69. The van der Waals surface area contributed by atoms with E-state index in [2.05, 4.69) is 13.8 Å². The fourth-order valence-electron chi connectivity index (χ4n) is 1.85. The second kappa shape index (κ2) is 7.68. The van der Waals surface area contributed by atoms with E-state index in [1.165, 1.54) is 0 Å². The molecule has 4 heteroatoms. The van der Waals surface area contributed by atoms with Gasteiger partial charge in [-0.1, -0.05) is 20.8 Å². The smallest absolute Gasteiger partial charge is 0.260 e. The summed E-state index contributed by atoms with van der Waals surface area (Å²) in [6.07, 6.45) is 0.485. The van der Waals surface area contributed by atoms with Crippen LogP contribution in [0.5, 0.6) is 5.75 Å². The summed E-state index contributed by atoms with van der Waals surface area (Å²) >= 11 is 0. The Bertz CT molecular complexity index is 451. The number of nitrogens with zero attached hydrogens (tertiary/aromatic N) is 1. The molecule has 1 aromatic rings. The fourth-order valence-corrected chi connectivity index (χ4v) is 1.85. The highest BCUT2D eigenvalue weighted by atomic mass is 16.5. The number of hydrogen-bond donors (Lipinski definition) is 0. The van der Waals surface area contributed by atoms with Crippen molar-refractivity contribution in [3.63, 3.8) is 0 Å². The van der Waals surface area contributed by atoms with Gasteiger partial charge >= 0.3 is 0 Å². The SMILES string of the molecule is CCC(=O)c1ccc(OCC(=O)N(C)CC(C)C)cc1. The molecule has 1 amide bonds. The first-order chi connectivity index (χ1) is 9.43. The zero-order valence-electron chi connectivity index (χ0n) is 12.7. The predicted molar refractivity (Wildman–Crippen MR) is 79.0 cm³/mol. The van der Waals surface area contributed by atoms with E-state index in [1.54, 1.807) is 36.2 Å². The summed E-state index contributed by atoms with van der Waals surface area (Å²) in [5, 5.41) is 0. The molecule has 0 heterocycles. The van der Waals surface area contributed by atoms with Gasteiger partial charge in [0.05, 0.1) is 0 Å². The number of likely N-dealkylation sites (N-methyl/N-ethyl adjacent to an activating group) is 1. The number of benzene rings is 1. The summed E-state index contributed by atoms with van der Waals surface area (Å²) in [5.74, 6) is 1.09. The third-order valence-corrected chi connectivity index (χ3v) is 2.92. The molecule has 1 rings (SSSR count). The molecule has 0 aromatic heterocycles. The van der Waals surface area contributed by atoms with Crippen LogP contribution in [-0.4, -0.2) is 36.8 Å². The van der Waals surface area contributed by atoms with E-state index in [-0.39, 0.29) is 18.3 Å². The lowest BCUT2D eigenvalue weighted by molar-refractivity contribution is -0.132. The molecule has 0 atom stereocenters. The van der Waals surface area contributed by atoms with Gasteiger partial charge in [0.15, 0.2) is 12.4 Å². The standard InChI is InChI=1S/C16H23NO3/c1-5-15(18)13-6-8-14(9-7-13)20-11-16(19)17(4)10-12(2)3/h6-9,12H,5,10-11H2,1-4H3. The van der Waals surface area contributed by atoms with Gasteiger partial charge in [0.1, 0.15) is 5.75 Å². The zero-order valence-corrected chi connectivity index (χ0v) is 12.7. The fraction of sp³-hybridized carbons (Fsp3) is 0.500. The maximum atomic E-state index is 11.8. The number of Topliss-reactive ketones (excluding diaryl/α,β-unsaturated/α-hetero) is 1. The minimum atomic E-state index is -0.0487. The van der Waals surface area contributed by atoms with E-state index < -0.39 is 0 Å². The van der Waals surface area contributed by atoms with Crippen molar-refractivity contribution in [2.45, 2.75) is 27.2 Å². The molecule has 0 N–H and O–H groups in total. The van der Waals surface area contributed by atoms with Crippen molar-refractivity contribution in [3.8, 4) is 5.75 Å². The molecule has 20 heavy (non-hydrogen) atoms. The van der Waals surface area contributed by atoms with Crippen LogP contribution in [0.4, 0.5) is 0 Å². The van der Waals surface area contributed by atoms with Gasteiger partial charge in [0.25, 0.3) is 5.91 Å². The first kappa shape index (κ1) is 16.2. The molecule has 0 spiro atoms. The van der Waals surface area contributed by atoms with Crippen molar-refractivity contribution < 1.29 is 14.3 Å². The molecular formula is C16H23NO3. The Morgan fingerprint density at radius 3 is 2.30 bits per heavy atom.